The van der Waals surface area contributed by atoms with E-state index >= 15 is 0 Å². The molecule has 0 spiro atoms. The molecule has 7 heteroatoms. The lowest BCUT2D eigenvalue weighted by Crippen LogP contribution is -2.43. The number of ether oxygens (including phenoxy) is 1. The Balaban J connectivity index is 1.85. The Morgan fingerprint density at radius 2 is 2.27 bits per heavy atom. The molecule has 0 aromatic rings. The van der Waals surface area contributed by atoms with Crippen molar-refractivity contribution in [1.82, 2.24) is 13.7 Å². The average Bonchev–Trinajstić information content (AvgIpc) is 2.61. The summed E-state index contributed by atoms with van der Waals surface area (Å²) in [7, 11) is 0. The van der Waals surface area contributed by atoms with Gasteiger partial charge in [-0.25, -0.2) is 0 Å². The van der Waals surface area contributed by atoms with Crippen molar-refractivity contribution in [2.75, 3.05) is 39.2 Å². The summed E-state index contributed by atoms with van der Waals surface area (Å²) in [6, 6.07) is 0. The summed E-state index contributed by atoms with van der Waals surface area (Å²) in [6.45, 7) is 4.58. The monoisotopic (exact) mass is 265 g/mol. The fraction of sp³-hybridized carbons (Fsp3) is 0.750. The maximum absolute atomic E-state index is 5.32. The lowest BCUT2D eigenvalue weighted by atomic mass is 10.4. The van der Waals surface area contributed by atoms with Crippen LogP contribution >= 0.6 is 36.5 Å². The van der Waals surface area contributed by atoms with Crippen LogP contribution in [0, 0.1) is 0 Å². The third-order valence-electron chi connectivity index (χ3n) is 2.30. The van der Waals surface area contributed by atoms with Gasteiger partial charge in [-0.2, -0.15) is 0 Å². The summed E-state index contributed by atoms with van der Waals surface area (Å²) in [4.78, 5) is 2.37. The van der Waals surface area contributed by atoms with Crippen LogP contribution in [-0.2, 0) is 4.74 Å². The second-order valence-electron chi connectivity index (χ2n) is 3.31. The van der Waals surface area contributed by atoms with E-state index in [4.69, 9.17) is 4.74 Å². The third kappa shape index (κ3) is 3.21. The van der Waals surface area contributed by atoms with Gasteiger partial charge in [-0.1, -0.05) is 12.8 Å². The van der Waals surface area contributed by atoms with Crippen molar-refractivity contribution in [3.63, 3.8) is 0 Å². The van der Waals surface area contributed by atoms with Crippen LogP contribution in [0.1, 0.15) is 0 Å². The van der Waals surface area contributed by atoms with E-state index in [9.17, 15) is 0 Å². The first-order valence-electron chi connectivity index (χ1n) is 4.79. The highest BCUT2D eigenvalue weighted by Crippen LogP contribution is 2.38. The summed E-state index contributed by atoms with van der Waals surface area (Å²) < 4.78 is 8.47. The first-order valence-corrected chi connectivity index (χ1v) is 7.19. The smallest absolute Gasteiger partial charge is 0.0879 e. The number of thioether (sulfide) groups is 1. The Kier molecular flexibility index (Phi) is 4.53. The van der Waals surface area contributed by atoms with Gasteiger partial charge in [0.05, 0.1) is 24.1 Å². The first-order chi connectivity index (χ1) is 7.29. The molecule has 0 unspecified atom stereocenters. The van der Waals surface area contributed by atoms with Crippen molar-refractivity contribution >= 4 is 36.5 Å². The van der Waals surface area contributed by atoms with E-state index in [0.29, 0.717) is 0 Å². The maximum Gasteiger partial charge on any atom is 0.0879 e. The van der Waals surface area contributed by atoms with Crippen LogP contribution in [0.4, 0.5) is 0 Å². The molecule has 0 aromatic heterocycles. The van der Waals surface area contributed by atoms with E-state index in [1.54, 1.807) is 23.7 Å². The Labute approximate surface area is 105 Å². The topological polar surface area (TPSA) is 19.0 Å². The number of morpholine rings is 1. The van der Waals surface area contributed by atoms with Crippen LogP contribution in [0.5, 0.6) is 0 Å². The normalized spacial score (nSPS) is 24.7. The Bertz CT molecular complexity index is 245. The minimum Gasteiger partial charge on any atom is -0.379 e. The highest BCUT2D eigenvalue weighted by Gasteiger charge is 2.22. The summed E-state index contributed by atoms with van der Waals surface area (Å²) in [5, 5.41) is 2.12. The van der Waals surface area contributed by atoms with Crippen LogP contribution in [0.15, 0.2) is 10.4 Å². The van der Waals surface area contributed by atoms with Crippen LogP contribution in [0.3, 0.4) is 0 Å². The fourth-order valence-electron chi connectivity index (χ4n) is 1.46. The van der Waals surface area contributed by atoms with E-state index in [1.807, 2.05) is 3.82 Å². The van der Waals surface area contributed by atoms with Crippen molar-refractivity contribution < 1.29 is 4.74 Å². The highest BCUT2D eigenvalue weighted by atomic mass is 32.2. The zero-order valence-corrected chi connectivity index (χ0v) is 11.2. The minimum absolute atomic E-state index is 0.840. The second-order valence-corrected chi connectivity index (χ2v) is 6.03. The van der Waals surface area contributed by atoms with Crippen molar-refractivity contribution in [2.45, 2.75) is 0 Å². The van der Waals surface area contributed by atoms with Crippen molar-refractivity contribution in [3.8, 4) is 0 Å². The van der Waals surface area contributed by atoms with Gasteiger partial charge in [-0.05, 0) is 18.2 Å². The average molecular weight is 265 g/mol. The quantitative estimate of drug-likeness (QED) is 0.611. The predicted molar refractivity (Wildman–Crippen MR) is 69.1 cm³/mol. The molecule has 1 fully saturated rings. The molecular weight excluding hydrogens is 250 g/mol. The predicted octanol–water partition coefficient (Wildman–Crippen LogP) is 1.46. The minimum atomic E-state index is 0.840. The number of hydrogen-bond donors (Lipinski definition) is 1. The summed E-state index contributed by atoms with van der Waals surface area (Å²) >= 11 is 7.80. The van der Waals surface area contributed by atoms with Crippen molar-refractivity contribution in [1.29, 1.82) is 0 Å². The Hall–Kier alpha value is 0.470. The van der Waals surface area contributed by atoms with Gasteiger partial charge in [0.15, 0.2) is 0 Å². The molecule has 0 amide bonds. The van der Waals surface area contributed by atoms with Crippen LogP contribution in [-0.4, -0.2) is 53.0 Å². The summed E-state index contributed by atoms with van der Waals surface area (Å²) in [5.41, 5.74) is 0. The van der Waals surface area contributed by atoms with Gasteiger partial charge in [-0.3, -0.25) is 9.91 Å². The lowest BCUT2D eigenvalue weighted by molar-refractivity contribution is 0.00625. The van der Waals surface area contributed by atoms with E-state index in [1.165, 1.54) is 4.24 Å². The molecular formula is C8H15N3OS3. The number of hydrogen-bond acceptors (Lipinski definition) is 7. The van der Waals surface area contributed by atoms with Crippen LogP contribution in [0.2, 0.25) is 0 Å². The van der Waals surface area contributed by atoms with Crippen LogP contribution < -0.4 is 0 Å². The number of nitrogens with zero attached hydrogens (tertiary/aromatic N) is 3. The molecule has 1 saturated heterocycles. The third-order valence-corrected chi connectivity index (χ3v) is 4.66. The molecule has 0 bridgehead atoms. The van der Waals surface area contributed by atoms with Crippen LogP contribution in [0.25, 0.3) is 0 Å². The molecule has 2 aliphatic rings. The van der Waals surface area contributed by atoms with Crippen molar-refractivity contribution in [3.05, 3.63) is 10.4 Å². The molecule has 2 rings (SSSR count). The molecule has 15 heavy (non-hydrogen) atoms. The highest BCUT2D eigenvalue weighted by molar-refractivity contribution is 8.23. The maximum atomic E-state index is 5.32. The fourth-order valence-corrected chi connectivity index (χ4v) is 3.27. The second kappa shape index (κ2) is 5.70. The molecule has 86 valence electrons. The number of rotatable bonds is 3. The molecule has 0 aliphatic carbocycles. The van der Waals surface area contributed by atoms with Gasteiger partial charge in [0.25, 0.3) is 0 Å². The van der Waals surface area contributed by atoms with Crippen molar-refractivity contribution in [2.24, 2.45) is 0 Å². The van der Waals surface area contributed by atoms with E-state index in [-0.39, 0.29) is 0 Å². The number of hydrazine groups is 1. The Morgan fingerprint density at radius 1 is 1.53 bits per heavy atom. The SMILES string of the molecule is CSC1=CN(CN2CCOCC2)N(S)S1. The molecule has 2 heterocycles. The van der Waals surface area contributed by atoms with Gasteiger partial charge >= 0.3 is 0 Å². The lowest BCUT2D eigenvalue weighted by Gasteiger charge is -2.32. The molecule has 2 aliphatic heterocycles. The van der Waals surface area contributed by atoms with E-state index in [0.717, 1.165) is 33.0 Å². The first kappa shape index (κ1) is 11.9. The standard InChI is InChI=1S/C8H15N3OS3/c1-14-8-6-10(11(13)15-8)7-9-2-4-12-5-3-9/h6,13H,2-5,7H2,1H3. The van der Waals surface area contributed by atoms with Gasteiger partial charge < -0.3 is 4.74 Å². The van der Waals surface area contributed by atoms with Gasteiger partial charge in [-0.15, -0.1) is 15.6 Å². The Morgan fingerprint density at radius 3 is 2.87 bits per heavy atom. The molecule has 0 aromatic carbocycles. The van der Waals surface area contributed by atoms with Gasteiger partial charge in [0.1, 0.15) is 0 Å². The van der Waals surface area contributed by atoms with E-state index < -0.39 is 0 Å². The van der Waals surface area contributed by atoms with E-state index in [2.05, 4.69) is 35.2 Å². The molecule has 4 nitrogen and oxygen atoms in total. The van der Waals surface area contributed by atoms with Gasteiger partial charge in [0.2, 0.25) is 0 Å². The number of thiol groups is 1. The largest absolute Gasteiger partial charge is 0.379 e. The van der Waals surface area contributed by atoms with Gasteiger partial charge in [0, 0.05) is 19.3 Å². The molecule has 0 saturated carbocycles. The molecule has 0 N–H and O–H groups in total. The zero-order valence-electron chi connectivity index (χ0n) is 8.63. The zero-order chi connectivity index (χ0) is 10.7. The molecule has 0 atom stereocenters. The summed E-state index contributed by atoms with van der Waals surface area (Å²) in [6.07, 6.45) is 4.22. The molecule has 0 radical (unpaired) electrons. The summed E-state index contributed by atoms with van der Waals surface area (Å²) in [5.74, 6) is 0.